The van der Waals surface area contributed by atoms with Crippen LogP contribution >= 0.6 is 15.9 Å². The third-order valence-electron chi connectivity index (χ3n) is 5.96. The van der Waals surface area contributed by atoms with Gasteiger partial charge in [-0.3, -0.25) is 14.9 Å². The average molecular weight is 593 g/mol. The minimum absolute atomic E-state index is 0.0259. The van der Waals surface area contributed by atoms with Crippen LogP contribution in [0.2, 0.25) is 0 Å². The maximum atomic E-state index is 14.2. The number of amides is 4. The van der Waals surface area contributed by atoms with Crippen molar-refractivity contribution in [2.75, 3.05) is 11.5 Å². The molecule has 39 heavy (non-hydrogen) atoms. The molecule has 0 radical (unpaired) electrons. The number of anilines is 1. The van der Waals surface area contributed by atoms with Crippen molar-refractivity contribution in [1.82, 2.24) is 5.32 Å². The normalized spacial score (nSPS) is 14.4. The molecule has 3 aromatic rings. The summed E-state index contributed by atoms with van der Waals surface area (Å²) in [6.45, 7) is 7.72. The second kappa shape index (κ2) is 12.1. The predicted octanol–water partition coefficient (Wildman–Crippen LogP) is 6.27. The quantitative estimate of drug-likeness (QED) is 0.180. The van der Waals surface area contributed by atoms with Crippen molar-refractivity contribution in [3.8, 4) is 11.5 Å². The van der Waals surface area contributed by atoms with E-state index in [4.69, 9.17) is 9.47 Å². The van der Waals surface area contributed by atoms with Crippen LogP contribution in [-0.2, 0) is 22.6 Å². The second-order valence-corrected chi connectivity index (χ2v) is 9.56. The first-order valence-corrected chi connectivity index (χ1v) is 13.0. The second-order valence-electron chi connectivity index (χ2n) is 8.70. The lowest BCUT2D eigenvalue weighted by Crippen LogP contribution is -2.54. The molecule has 4 amide bonds. The van der Waals surface area contributed by atoms with Crippen LogP contribution in [0.4, 0.5) is 14.9 Å². The van der Waals surface area contributed by atoms with Crippen LogP contribution in [0, 0.1) is 12.7 Å². The molecule has 1 fully saturated rings. The van der Waals surface area contributed by atoms with Crippen molar-refractivity contribution < 1.29 is 28.2 Å². The topological polar surface area (TPSA) is 84.9 Å². The Kier molecular flexibility index (Phi) is 8.61. The molecule has 3 aromatic carbocycles. The zero-order chi connectivity index (χ0) is 28.1. The molecule has 0 aliphatic carbocycles. The molecule has 0 saturated carbocycles. The molecule has 7 nitrogen and oxygen atoms in total. The summed E-state index contributed by atoms with van der Waals surface area (Å²) in [7, 11) is 0. The van der Waals surface area contributed by atoms with E-state index in [1.807, 2.05) is 6.92 Å². The smallest absolute Gasteiger partial charge is 0.335 e. The van der Waals surface area contributed by atoms with E-state index in [9.17, 15) is 18.8 Å². The Labute approximate surface area is 234 Å². The molecular weight excluding hydrogens is 567 g/mol. The number of carbonyl (C=O) groups excluding carboxylic acids is 3. The van der Waals surface area contributed by atoms with Gasteiger partial charge in [0.15, 0.2) is 11.5 Å². The van der Waals surface area contributed by atoms with E-state index in [-0.39, 0.29) is 18.0 Å². The van der Waals surface area contributed by atoms with E-state index in [1.54, 1.807) is 61.5 Å². The number of hydrogen-bond donors (Lipinski definition) is 1. The number of hydrogen-bond acceptors (Lipinski definition) is 5. The Morgan fingerprint density at radius 2 is 1.82 bits per heavy atom. The number of benzene rings is 3. The molecule has 1 heterocycles. The van der Waals surface area contributed by atoms with Gasteiger partial charge in [0, 0.05) is 15.6 Å². The Hall–Kier alpha value is -4.24. The molecule has 1 N–H and O–H groups in total. The third kappa shape index (κ3) is 6.09. The van der Waals surface area contributed by atoms with Gasteiger partial charge in [-0.25, -0.2) is 14.1 Å². The number of nitrogens with zero attached hydrogens (tertiary/aromatic N) is 1. The van der Waals surface area contributed by atoms with Crippen LogP contribution in [0.1, 0.15) is 29.2 Å². The lowest BCUT2D eigenvalue weighted by atomic mass is 10.0. The monoisotopic (exact) mass is 592 g/mol. The molecule has 9 heteroatoms. The number of carbonyl (C=O) groups is 3. The van der Waals surface area contributed by atoms with Crippen LogP contribution < -0.4 is 19.7 Å². The van der Waals surface area contributed by atoms with E-state index in [0.717, 1.165) is 14.9 Å². The standard InChI is InChI=1S/C30H26BrFN2O5/c1-4-8-20-14-19(16-26(38-5-2)27(20)39-17-21-9-6-7-10-25(21)32)15-23-28(35)33-30(37)34(29(23)36)22-11-12-24(31)18(3)13-22/h4,6-7,9-16H,1,5,8,17H2,2-3H3,(H,33,35,37)/b23-15+. The highest BCUT2D eigenvalue weighted by atomic mass is 79.9. The van der Waals surface area contributed by atoms with E-state index in [0.29, 0.717) is 46.9 Å². The van der Waals surface area contributed by atoms with Crippen LogP contribution in [0.3, 0.4) is 0 Å². The van der Waals surface area contributed by atoms with Gasteiger partial charge in [-0.1, -0.05) is 40.2 Å². The summed E-state index contributed by atoms with van der Waals surface area (Å²) in [6, 6.07) is 13.9. The number of allylic oxidation sites excluding steroid dienone is 1. The van der Waals surface area contributed by atoms with Gasteiger partial charge in [0.05, 0.1) is 12.3 Å². The lowest BCUT2D eigenvalue weighted by molar-refractivity contribution is -0.122. The molecule has 200 valence electrons. The van der Waals surface area contributed by atoms with Gasteiger partial charge in [0.25, 0.3) is 11.8 Å². The summed E-state index contributed by atoms with van der Waals surface area (Å²) >= 11 is 3.40. The number of aryl methyl sites for hydroxylation is 1. The van der Waals surface area contributed by atoms with Gasteiger partial charge in [0.1, 0.15) is 18.0 Å². The number of barbiturate groups is 1. The van der Waals surface area contributed by atoms with E-state index in [2.05, 4.69) is 27.8 Å². The fraction of sp³-hybridized carbons (Fsp3) is 0.167. The highest BCUT2D eigenvalue weighted by Crippen LogP contribution is 2.36. The Balaban J connectivity index is 1.73. The van der Waals surface area contributed by atoms with E-state index < -0.39 is 17.8 Å². The summed E-state index contributed by atoms with van der Waals surface area (Å²) in [5.74, 6) is -1.18. The summed E-state index contributed by atoms with van der Waals surface area (Å²) < 4.78 is 26.8. The lowest BCUT2D eigenvalue weighted by Gasteiger charge is -2.27. The third-order valence-corrected chi connectivity index (χ3v) is 6.85. The molecular formula is C30H26BrFN2O5. The summed E-state index contributed by atoms with van der Waals surface area (Å²) in [5.41, 5.74) is 2.45. The highest BCUT2D eigenvalue weighted by Gasteiger charge is 2.37. The van der Waals surface area contributed by atoms with Crippen LogP contribution in [0.15, 0.2) is 77.3 Å². The fourth-order valence-corrected chi connectivity index (χ4v) is 4.34. The molecule has 0 bridgehead atoms. The maximum Gasteiger partial charge on any atom is 0.335 e. The van der Waals surface area contributed by atoms with Crippen molar-refractivity contribution in [3.63, 3.8) is 0 Å². The SMILES string of the molecule is C=CCc1cc(/C=C2\C(=O)NC(=O)N(c3ccc(Br)c(C)c3)C2=O)cc(OCC)c1OCc1ccccc1F. The zero-order valence-corrected chi connectivity index (χ0v) is 23.0. The van der Waals surface area contributed by atoms with Crippen molar-refractivity contribution >= 4 is 45.5 Å². The largest absolute Gasteiger partial charge is 0.490 e. The van der Waals surface area contributed by atoms with Gasteiger partial charge in [0.2, 0.25) is 0 Å². The molecule has 1 saturated heterocycles. The number of imide groups is 2. The van der Waals surface area contributed by atoms with Gasteiger partial charge in [-0.15, -0.1) is 6.58 Å². The first-order chi connectivity index (χ1) is 18.7. The highest BCUT2D eigenvalue weighted by molar-refractivity contribution is 9.10. The minimum Gasteiger partial charge on any atom is -0.490 e. The van der Waals surface area contributed by atoms with Crippen molar-refractivity contribution in [3.05, 3.63) is 105 Å². The zero-order valence-electron chi connectivity index (χ0n) is 21.4. The molecule has 0 aromatic heterocycles. The Bertz CT molecular complexity index is 1500. The first-order valence-electron chi connectivity index (χ1n) is 12.2. The first kappa shape index (κ1) is 27.8. The van der Waals surface area contributed by atoms with Crippen LogP contribution in [0.5, 0.6) is 11.5 Å². The van der Waals surface area contributed by atoms with Gasteiger partial charge in [-0.2, -0.15) is 0 Å². The number of urea groups is 1. The number of nitrogens with one attached hydrogen (secondary N) is 1. The molecule has 0 spiro atoms. The van der Waals surface area contributed by atoms with Crippen LogP contribution in [-0.4, -0.2) is 24.5 Å². The maximum absolute atomic E-state index is 14.2. The summed E-state index contributed by atoms with van der Waals surface area (Å²) in [6.07, 6.45) is 3.46. The Morgan fingerprint density at radius 3 is 2.51 bits per heavy atom. The molecule has 1 aliphatic heterocycles. The van der Waals surface area contributed by atoms with Gasteiger partial charge >= 0.3 is 6.03 Å². The average Bonchev–Trinajstić information content (AvgIpc) is 2.89. The van der Waals surface area contributed by atoms with Crippen molar-refractivity contribution in [2.45, 2.75) is 26.9 Å². The molecule has 1 aliphatic rings. The van der Waals surface area contributed by atoms with E-state index in [1.165, 1.54) is 12.1 Å². The van der Waals surface area contributed by atoms with Crippen LogP contribution in [0.25, 0.3) is 6.08 Å². The number of ether oxygens (including phenoxy) is 2. The van der Waals surface area contributed by atoms with Crippen molar-refractivity contribution in [2.24, 2.45) is 0 Å². The molecule has 4 rings (SSSR count). The Morgan fingerprint density at radius 1 is 1.05 bits per heavy atom. The summed E-state index contributed by atoms with van der Waals surface area (Å²) in [4.78, 5) is 39.6. The molecule has 0 unspecified atom stereocenters. The van der Waals surface area contributed by atoms with Gasteiger partial charge in [-0.05, 0) is 73.9 Å². The summed E-state index contributed by atoms with van der Waals surface area (Å²) in [5, 5.41) is 2.24. The number of halogens is 2. The van der Waals surface area contributed by atoms with Gasteiger partial charge < -0.3 is 9.47 Å². The minimum atomic E-state index is -0.830. The number of rotatable bonds is 9. The fourth-order valence-electron chi connectivity index (χ4n) is 4.09. The van der Waals surface area contributed by atoms with Crippen molar-refractivity contribution in [1.29, 1.82) is 0 Å². The molecule has 0 atom stereocenters. The predicted molar refractivity (Wildman–Crippen MR) is 150 cm³/mol. The van der Waals surface area contributed by atoms with E-state index >= 15 is 0 Å².